The maximum absolute atomic E-state index is 11.5. The van der Waals surface area contributed by atoms with Gasteiger partial charge in [-0.25, -0.2) is 4.79 Å². The fraction of sp³-hybridized carbons (Fsp3) is 0.870. The summed E-state index contributed by atoms with van der Waals surface area (Å²) in [5.41, 5.74) is -0.0640. The van der Waals surface area contributed by atoms with Crippen LogP contribution in [0.1, 0.15) is 79.6 Å². The van der Waals surface area contributed by atoms with Crippen molar-refractivity contribution in [3.05, 3.63) is 12.2 Å². The average molecular weight is 397 g/mol. The molecule has 2 aliphatic carbocycles. The maximum Gasteiger partial charge on any atom is 0.506 e. The van der Waals surface area contributed by atoms with Gasteiger partial charge in [-0.1, -0.05) is 46.3 Å². The van der Waals surface area contributed by atoms with E-state index in [1.165, 1.54) is 6.42 Å². The Balaban J connectivity index is 2.13. The van der Waals surface area contributed by atoms with Crippen molar-refractivity contribution >= 4 is 6.16 Å². The molecule has 5 nitrogen and oxygen atoms in total. The van der Waals surface area contributed by atoms with Crippen LogP contribution in [-0.4, -0.2) is 40.8 Å². The lowest BCUT2D eigenvalue weighted by atomic mass is 9.66. The number of hydrogen-bond donors (Lipinski definition) is 2. The van der Waals surface area contributed by atoms with Gasteiger partial charge in [-0.2, -0.15) is 0 Å². The first-order valence-electron chi connectivity index (χ1n) is 10.9. The van der Waals surface area contributed by atoms with Crippen LogP contribution in [0.4, 0.5) is 4.79 Å². The van der Waals surface area contributed by atoms with Crippen molar-refractivity contribution < 1.29 is 24.5 Å². The molecule has 0 aromatic rings. The highest BCUT2D eigenvalue weighted by atomic mass is 16.7. The van der Waals surface area contributed by atoms with Crippen LogP contribution < -0.4 is 0 Å². The molecular weight excluding hydrogens is 356 g/mol. The Morgan fingerprint density at radius 3 is 2.50 bits per heavy atom. The van der Waals surface area contributed by atoms with E-state index in [-0.39, 0.29) is 30.0 Å². The second-order valence-electron chi connectivity index (χ2n) is 9.98. The standard InChI is InChI=1S/C23H40O5/c1-15(2)19-10-9-17(5)12-23(19,28-21(25)26)20(24)14-27-18-8-7-11-22(6,13-18)16(3)4/h16-20,24H,1,7-14H2,2-6H3,(H,25,26). The molecule has 2 rings (SSSR count). The summed E-state index contributed by atoms with van der Waals surface area (Å²) >= 11 is 0. The summed E-state index contributed by atoms with van der Waals surface area (Å²) in [6.45, 7) is 15.0. The van der Waals surface area contributed by atoms with E-state index in [2.05, 4.69) is 34.3 Å². The molecule has 0 aromatic heterocycles. The smallest absolute Gasteiger partial charge is 0.450 e. The fourth-order valence-corrected chi connectivity index (χ4v) is 5.35. The van der Waals surface area contributed by atoms with Crippen LogP contribution in [0.5, 0.6) is 0 Å². The van der Waals surface area contributed by atoms with Crippen LogP contribution in [-0.2, 0) is 9.47 Å². The second-order valence-corrected chi connectivity index (χ2v) is 9.98. The number of hydrogen-bond acceptors (Lipinski definition) is 4. The molecule has 0 radical (unpaired) electrons. The highest BCUT2D eigenvalue weighted by molar-refractivity contribution is 5.58. The fourth-order valence-electron chi connectivity index (χ4n) is 5.35. The van der Waals surface area contributed by atoms with E-state index in [9.17, 15) is 15.0 Å². The summed E-state index contributed by atoms with van der Waals surface area (Å²) in [5, 5.41) is 20.5. The quantitative estimate of drug-likeness (QED) is 0.444. The van der Waals surface area contributed by atoms with Gasteiger partial charge in [0.1, 0.15) is 6.10 Å². The van der Waals surface area contributed by atoms with Crippen molar-refractivity contribution in [2.24, 2.45) is 23.2 Å². The Morgan fingerprint density at radius 2 is 1.93 bits per heavy atom. The predicted molar refractivity (Wildman–Crippen MR) is 110 cm³/mol. The van der Waals surface area contributed by atoms with Crippen LogP contribution >= 0.6 is 0 Å². The maximum atomic E-state index is 11.5. The van der Waals surface area contributed by atoms with Gasteiger partial charge in [0.15, 0.2) is 5.60 Å². The molecule has 0 bridgehead atoms. The van der Waals surface area contributed by atoms with Gasteiger partial charge in [0.05, 0.1) is 12.7 Å². The van der Waals surface area contributed by atoms with Gasteiger partial charge in [-0.3, -0.25) is 0 Å². The van der Waals surface area contributed by atoms with Crippen molar-refractivity contribution in [2.75, 3.05) is 6.61 Å². The molecule has 5 heteroatoms. The third kappa shape index (κ3) is 5.10. The molecule has 0 aromatic carbocycles. The zero-order chi connectivity index (χ0) is 21.1. The van der Waals surface area contributed by atoms with E-state index in [0.717, 1.165) is 37.7 Å². The molecular formula is C23H40O5. The lowest BCUT2D eigenvalue weighted by Gasteiger charge is -2.48. The number of aliphatic hydroxyl groups is 1. The molecule has 0 heterocycles. The van der Waals surface area contributed by atoms with Crippen molar-refractivity contribution in [3.8, 4) is 0 Å². The first kappa shape index (κ1) is 23.2. The molecule has 0 aliphatic heterocycles. The third-order valence-corrected chi connectivity index (χ3v) is 7.49. The highest BCUT2D eigenvalue weighted by Gasteiger charge is 2.52. The average Bonchev–Trinajstić information content (AvgIpc) is 2.58. The molecule has 0 spiro atoms. The van der Waals surface area contributed by atoms with E-state index in [0.29, 0.717) is 12.3 Å². The van der Waals surface area contributed by atoms with Gasteiger partial charge >= 0.3 is 6.16 Å². The predicted octanol–water partition coefficient (Wildman–Crippen LogP) is 5.41. The monoisotopic (exact) mass is 396 g/mol. The zero-order valence-corrected chi connectivity index (χ0v) is 18.4. The summed E-state index contributed by atoms with van der Waals surface area (Å²) in [6.07, 6.45) is 4.29. The van der Waals surface area contributed by atoms with E-state index in [1.807, 2.05) is 6.92 Å². The molecule has 6 atom stereocenters. The zero-order valence-electron chi connectivity index (χ0n) is 18.4. The minimum atomic E-state index is -1.34. The topological polar surface area (TPSA) is 76.0 Å². The molecule has 2 N–H and O–H groups in total. The van der Waals surface area contributed by atoms with E-state index >= 15 is 0 Å². The van der Waals surface area contributed by atoms with Crippen molar-refractivity contribution in [2.45, 2.75) is 97.4 Å². The van der Waals surface area contributed by atoms with Gasteiger partial charge in [0.2, 0.25) is 0 Å². The molecule has 0 saturated heterocycles. The van der Waals surface area contributed by atoms with E-state index in [4.69, 9.17) is 9.47 Å². The van der Waals surface area contributed by atoms with Crippen LogP contribution in [0.25, 0.3) is 0 Å². The van der Waals surface area contributed by atoms with Crippen molar-refractivity contribution in [3.63, 3.8) is 0 Å². The van der Waals surface area contributed by atoms with E-state index < -0.39 is 17.9 Å². The van der Waals surface area contributed by atoms with E-state index in [1.54, 1.807) is 0 Å². The van der Waals surface area contributed by atoms with Gasteiger partial charge < -0.3 is 19.7 Å². The Bertz CT molecular complexity index is 559. The summed E-state index contributed by atoms with van der Waals surface area (Å²) in [6, 6.07) is 0. The minimum Gasteiger partial charge on any atom is -0.450 e. The molecule has 28 heavy (non-hydrogen) atoms. The first-order valence-corrected chi connectivity index (χ1v) is 10.9. The van der Waals surface area contributed by atoms with Crippen LogP contribution in [0, 0.1) is 23.2 Å². The Kier molecular flexibility index (Phi) is 7.60. The number of aliphatic hydroxyl groups excluding tert-OH is 1. The molecule has 162 valence electrons. The Morgan fingerprint density at radius 1 is 1.25 bits per heavy atom. The summed E-state index contributed by atoms with van der Waals surface area (Å²) < 4.78 is 11.6. The molecule has 0 amide bonds. The Hall–Kier alpha value is -1.07. The molecule has 2 aliphatic rings. The first-order chi connectivity index (χ1) is 13.0. The summed E-state index contributed by atoms with van der Waals surface area (Å²) in [7, 11) is 0. The number of rotatable bonds is 7. The SMILES string of the molecule is C=C(C)C1CCC(C)CC1(OC(=O)O)C(O)COC1CCCC(C)(C(C)C)C1. The summed E-state index contributed by atoms with van der Waals surface area (Å²) in [4.78, 5) is 11.5. The molecule has 6 unspecified atom stereocenters. The number of carbonyl (C=O) groups is 1. The second kappa shape index (κ2) is 9.17. The van der Waals surface area contributed by atoms with Crippen LogP contribution in [0.2, 0.25) is 0 Å². The molecule has 2 fully saturated rings. The number of ether oxygens (including phenoxy) is 2. The van der Waals surface area contributed by atoms with Gasteiger partial charge in [-0.05, 0) is 62.7 Å². The highest BCUT2D eigenvalue weighted by Crippen LogP contribution is 2.46. The van der Waals surface area contributed by atoms with Gasteiger partial charge in [-0.15, -0.1) is 0 Å². The number of carboxylic acid groups (broad SMARTS) is 1. The minimum absolute atomic E-state index is 0.0990. The Labute approximate surface area is 170 Å². The van der Waals surface area contributed by atoms with Crippen LogP contribution in [0.3, 0.4) is 0 Å². The third-order valence-electron chi connectivity index (χ3n) is 7.49. The molecule has 2 saturated carbocycles. The normalized spacial score (nSPS) is 37.5. The van der Waals surface area contributed by atoms with Gasteiger partial charge in [0, 0.05) is 5.92 Å². The summed E-state index contributed by atoms with van der Waals surface area (Å²) in [5.74, 6) is 0.673. The lowest BCUT2D eigenvalue weighted by Crippen LogP contribution is -2.57. The van der Waals surface area contributed by atoms with Crippen LogP contribution in [0.15, 0.2) is 12.2 Å². The van der Waals surface area contributed by atoms with Crippen molar-refractivity contribution in [1.82, 2.24) is 0 Å². The van der Waals surface area contributed by atoms with Crippen molar-refractivity contribution in [1.29, 1.82) is 0 Å². The van der Waals surface area contributed by atoms with Gasteiger partial charge in [0.25, 0.3) is 0 Å². The largest absolute Gasteiger partial charge is 0.506 e. The lowest BCUT2D eigenvalue weighted by molar-refractivity contribution is -0.173.